The molecule has 6 heteroatoms. The number of nitrogens with one attached hydrogen (secondary N) is 1. The molecule has 0 unspecified atom stereocenters. The summed E-state index contributed by atoms with van der Waals surface area (Å²) >= 11 is 0. The molecule has 1 fully saturated rings. The summed E-state index contributed by atoms with van der Waals surface area (Å²) in [5, 5.41) is 0. The predicted molar refractivity (Wildman–Crippen MR) is 75.1 cm³/mol. The van der Waals surface area contributed by atoms with Crippen molar-refractivity contribution < 1.29 is 23.8 Å². The van der Waals surface area contributed by atoms with Crippen molar-refractivity contribution in [3.8, 4) is 0 Å². The number of hydroxylamine groups is 1. The molecule has 0 spiro atoms. The molecule has 0 aliphatic carbocycles. The van der Waals surface area contributed by atoms with E-state index in [0.717, 1.165) is 5.56 Å². The first-order chi connectivity index (χ1) is 10.1. The largest absolute Gasteiger partial charge is 0.442 e. The number of carbonyl (C=O) groups excluding carboxylic acids is 1. The molecule has 1 heterocycles. The lowest BCUT2D eigenvalue weighted by Crippen LogP contribution is -2.60. The van der Waals surface area contributed by atoms with Gasteiger partial charge in [-0.1, -0.05) is 30.3 Å². The summed E-state index contributed by atoms with van der Waals surface area (Å²) in [5.41, 5.74) is 3.74. The van der Waals surface area contributed by atoms with Crippen LogP contribution in [0.25, 0.3) is 0 Å². The van der Waals surface area contributed by atoms with E-state index in [9.17, 15) is 4.79 Å². The van der Waals surface area contributed by atoms with Gasteiger partial charge in [-0.05, 0) is 12.5 Å². The van der Waals surface area contributed by atoms with E-state index in [4.69, 9.17) is 19.0 Å². The molecule has 1 aromatic carbocycles. The third-order valence-electron chi connectivity index (χ3n) is 3.31. The molecule has 1 aliphatic heterocycles. The van der Waals surface area contributed by atoms with E-state index in [-0.39, 0.29) is 12.2 Å². The van der Waals surface area contributed by atoms with E-state index < -0.39 is 18.3 Å². The maximum atomic E-state index is 11.2. The molecule has 1 aromatic rings. The fourth-order valence-electron chi connectivity index (χ4n) is 2.29. The van der Waals surface area contributed by atoms with E-state index in [1.165, 1.54) is 6.92 Å². The van der Waals surface area contributed by atoms with E-state index in [1.807, 2.05) is 37.3 Å². The van der Waals surface area contributed by atoms with Crippen LogP contribution in [0.5, 0.6) is 0 Å². The van der Waals surface area contributed by atoms with Gasteiger partial charge in [-0.3, -0.25) is 9.63 Å². The SMILES string of the molecule is CO[C@H]1[C@H](OCc2ccccc2)[C@@H](OC(C)=O)NO[C@@H]1C. The average molecular weight is 295 g/mol. The van der Waals surface area contributed by atoms with Crippen LogP contribution >= 0.6 is 0 Å². The zero-order chi connectivity index (χ0) is 15.2. The molecular weight excluding hydrogens is 274 g/mol. The van der Waals surface area contributed by atoms with Crippen LogP contribution in [-0.2, 0) is 30.4 Å². The molecular formula is C15H21NO5. The van der Waals surface area contributed by atoms with E-state index in [0.29, 0.717) is 6.61 Å². The quantitative estimate of drug-likeness (QED) is 0.828. The molecule has 116 valence electrons. The van der Waals surface area contributed by atoms with E-state index >= 15 is 0 Å². The van der Waals surface area contributed by atoms with Crippen LogP contribution < -0.4 is 5.48 Å². The molecule has 0 amide bonds. The second kappa shape index (κ2) is 7.51. The Morgan fingerprint density at radius 2 is 2.00 bits per heavy atom. The van der Waals surface area contributed by atoms with Gasteiger partial charge in [0.1, 0.15) is 18.3 Å². The number of benzene rings is 1. The van der Waals surface area contributed by atoms with Gasteiger partial charge in [0.05, 0.1) is 6.61 Å². The third kappa shape index (κ3) is 4.25. The van der Waals surface area contributed by atoms with E-state index in [1.54, 1.807) is 7.11 Å². The number of esters is 1. The Morgan fingerprint density at radius 1 is 1.29 bits per heavy atom. The first kappa shape index (κ1) is 15.9. The molecule has 6 nitrogen and oxygen atoms in total. The zero-order valence-corrected chi connectivity index (χ0v) is 12.4. The highest BCUT2D eigenvalue weighted by Crippen LogP contribution is 2.21. The highest BCUT2D eigenvalue weighted by molar-refractivity contribution is 5.66. The van der Waals surface area contributed by atoms with Gasteiger partial charge in [0.25, 0.3) is 0 Å². The van der Waals surface area contributed by atoms with Crippen molar-refractivity contribution in [1.82, 2.24) is 5.48 Å². The van der Waals surface area contributed by atoms with Crippen LogP contribution in [-0.4, -0.2) is 37.6 Å². The minimum absolute atomic E-state index is 0.220. The third-order valence-corrected chi connectivity index (χ3v) is 3.31. The van der Waals surface area contributed by atoms with Crippen molar-refractivity contribution in [2.24, 2.45) is 0 Å². The second-order valence-corrected chi connectivity index (χ2v) is 4.93. The Hall–Kier alpha value is -1.47. The minimum atomic E-state index is -0.702. The number of methoxy groups -OCH3 is 1. The van der Waals surface area contributed by atoms with Crippen LogP contribution in [0.4, 0.5) is 0 Å². The van der Waals surface area contributed by atoms with Crippen molar-refractivity contribution in [2.45, 2.75) is 45.0 Å². The Balaban J connectivity index is 2.05. The Bertz CT molecular complexity index is 453. The van der Waals surface area contributed by atoms with Gasteiger partial charge in [-0.25, -0.2) is 0 Å². The van der Waals surface area contributed by atoms with Gasteiger partial charge in [0.15, 0.2) is 0 Å². The van der Waals surface area contributed by atoms with Gasteiger partial charge in [0.2, 0.25) is 6.23 Å². The van der Waals surface area contributed by atoms with Crippen LogP contribution in [0, 0.1) is 0 Å². The highest BCUT2D eigenvalue weighted by atomic mass is 16.7. The molecule has 0 aromatic heterocycles. The number of hydrogen-bond donors (Lipinski definition) is 1. The normalized spacial score (nSPS) is 29.1. The number of carbonyl (C=O) groups is 1. The van der Waals surface area contributed by atoms with Gasteiger partial charge in [-0.15, -0.1) is 0 Å². The molecule has 0 radical (unpaired) electrons. The minimum Gasteiger partial charge on any atom is -0.442 e. The standard InChI is InChI=1S/C15H21NO5/c1-10-13(18-3)14(15(16-21-10)20-11(2)17)19-9-12-7-5-4-6-8-12/h4-8,10,13-16H,9H2,1-3H3/t10-,13-,14+,15-/m1/s1. The van der Waals surface area contributed by atoms with Gasteiger partial charge in [-0.2, -0.15) is 5.48 Å². The number of rotatable bonds is 5. The fourth-order valence-corrected chi connectivity index (χ4v) is 2.29. The Kier molecular flexibility index (Phi) is 5.69. The van der Waals surface area contributed by atoms with Crippen LogP contribution in [0.15, 0.2) is 30.3 Å². The monoisotopic (exact) mass is 295 g/mol. The summed E-state index contributed by atoms with van der Waals surface area (Å²) in [4.78, 5) is 16.5. The van der Waals surface area contributed by atoms with Gasteiger partial charge < -0.3 is 14.2 Å². The van der Waals surface area contributed by atoms with Gasteiger partial charge >= 0.3 is 5.97 Å². The maximum Gasteiger partial charge on any atom is 0.304 e. The Labute approximate surface area is 124 Å². The average Bonchev–Trinajstić information content (AvgIpc) is 2.48. The smallest absolute Gasteiger partial charge is 0.304 e. The summed E-state index contributed by atoms with van der Waals surface area (Å²) in [6.45, 7) is 3.61. The first-order valence-corrected chi connectivity index (χ1v) is 6.88. The highest BCUT2D eigenvalue weighted by Gasteiger charge is 2.41. The maximum absolute atomic E-state index is 11.2. The molecule has 1 aliphatic rings. The molecule has 0 bridgehead atoms. The van der Waals surface area contributed by atoms with Crippen molar-refractivity contribution in [1.29, 1.82) is 0 Å². The first-order valence-electron chi connectivity index (χ1n) is 6.88. The van der Waals surface area contributed by atoms with Crippen LogP contribution in [0.1, 0.15) is 19.4 Å². The van der Waals surface area contributed by atoms with Crippen LogP contribution in [0.3, 0.4) is 0 Å². The van der Waals surface area contributed by atoms with Crippen molar-refractivity contribution >= 4 is 5.97 Å². The molecule has 21 heavy (non-hydrogen) atoms. The topological polar surface area (TPSA) is 66.0 Å². The molecule has 1 N–H and O–H groups in total. The van der Waals surface area contributed by atoms with E-state index in [2.05, 4.69) is 5.48 Å². The van der Waals surface area contributed by atoms with Crippen molar-refractivity contribution in [3.05, 3.63) is 35.9 Å². The number of hydrogen-bond acceptors (Lipinski definition) is 6. The lowest BCUT2D eigenvalue weighted by atomic mass is 10.1. The summed E-state index contributed by atoms with van der Waals surface area (Å²) in [6, 6.07) is 9.78. The summed E-state index contributed by atoms with van der Waals surface area (Å²) in [5.74, 6) is -0.409. The molecule has 2 rings (SSSR count). The lowest BCUT2D eigenvalue weighted by Gasteiger charge is -2.39. The lowest BCUT2D eigenvalue weighted by molar-refractivity contribution is -0.259. The second-order valence-electron chi connectivity index (χ2n) is 4.93. The Morgan fingerprint density at radius 3 is 2.62 bits per heavy atom. The predicted octanol–water partition coefficient (Wildman–Crippen LogP) is 1.40. The fraction of sp³-hybridized carbons (Fsp3) is 0.533. The summed E-state index contributed by atoms with van der Waals surface area (Å²) in [7, 11) is 1.58. The summed E-state index contributed by atoms with van der Waals surface area (Å²) in [6.07, 6.45) is -1.71. The summed E-state index contributed by atoms with van der Waals surface area (Å²) < 4.78 is 16.5. The zero-order valence-electron chi connectivity index (χ0n) is 12.4. The molecule has 4 atom stereocenters. The van der Waals surface area contributed by atoms with Gasteiger partial charge in [0, 0.05) is 14.0 Å². The van der Waals surface area contributed by atoms with Crippen LogP contribution in [0.2, 0.25) is 0 Å². The van der Waals surface area contributed by atoms with Crippen molar-refractivity contribution in [2.75, 3.05) is 7.11 Å². The number of ether oxygens (including phenoxy) is 3. The molecule has 1 saturated heterocycles. The van der Waals surface area contributed by atoms with Crippen molar-refractivity contribution in [3.63, 3.8) is 0 Å². The molecule has 0 saturated carbocycles.